The minimum Gasteiger partial charge on any atom is -0.478 e. The van der Waals surface area contributed by atoms with Gasteiger partial charge in [-0.25, -0.2) is 19.0 Å². The van der Waals surface area contributed by atoms with E-state index in [1.807, 2.05) is 0 Å². The number of halogens is 1. The van der Waals surface area contributed by atoms with Gasteiger partial charge in [0.25, 0.3) is 5.91 Å². The molecule has 0 radical (unpaired) electrons. The van der Waals surface area contributed by atoms with Gasteiger partial charge in [0.2, 0.25) is 11.7 Å². The van der Waals surface area contributed by atoms with E-state index in [-0.39, 0.29) is 23.0 Å². The number of carboxylic acids is 2. The Morgan fingerprint density at radius 3 is 2.64 bits per heavy atom. The standard InChI is InChI=1S/C24H18FN5O6/c1-11-5-6-12(20-28-22(36-29-20)14-9-15(14)25)8-13(11)18(23(32)33)19(24(34)35)27-21(31)16-10-26-17-4-2-3-7-30(16)17/h2-8,10,14-15H,9H2,1H3,(H,27,31)(H,32,33)(H,34,35)/b19-18-/t14-,15-/m0/s1. The molecule has 2 atom stereocenters. The lowest BCUT2D eigenvalue weighted by Gasteiger charge is -2.13. The number of nitrogens with one attached hydrogen (secondary N) is 1. The normalized spacial score (nSPS) is 17.5. The average molecular weight is 491 g/mol. The Morgan fingerprint density at radius 2 is 1.94 bits per heavy atom. The van der Waals surface area contributed by atoms with Crippen molar-refractivity contribution in [2.75, 3.05) is 0 Å². The number of imidazole rings is 1. The summed E-state index contributed by atoms with van der Waals surface area (Å²) >= 11 is 0. The first-order chi connectivity index (χ1) is 17.2. The van der Waals surface area contributed by atoms with Crippen LogP contribution in [0, 0.1) is 6.92 Å². The van der Waals surface area contributed by atoms with Crippen LogP contribution >= 0.6 is 0 Å². The highest BCUT2D eigenvalue weighted by atomic mass is 19.1. The Bertz CT molecular complexity index is 1570. The molecule has 11 nitrogen and oxygen atoms in total. The smallest absolute Gasteiger partial charge is 0.353 e. The number of aromatic nitrogens is 4. The van der Waals surface area contributed by atoms with Crippen molar-refractivity contribution >= 4 is 29.1 Å². The molecule has 3 N–H and O–H groups in total. The largest absolute Gasteiger partial charge is 0.478 e. The van der Waals surface area contributed by atoms with Crippen LogP contribution in [0.3, 0.4) is 0 Å². The second kappa shape index (κ2) is 8.73. The third-order valence-electron chi connectivity index (χ3n) is 5.80. The summed E-state index contributed by atoms with van der Waals surface area (Å²) in [6, 6.07) is 9.59. The summed E-state index contributed by atoms with van der Waals surface area (Å²) in [6.07, 6.45) is 2.08. The minimum absolute atomic E-state index is 0.0186. The number of alkyl halides is 1. The molecule has 1 fully saturated rings. The number of carbonyl (C=O) groups is 3. The predicted molar refractivity (Wildman–Crippen MR) is 122 cm³/mol. The van der Waals surface area contributed by atoms with Gasteiger partial charge in [0.15, 0.2) is 0 Å². The third kappa shape index (κ3) is 4.08. The summed E-state index contributed by atoms with van der Waals surface area (Å²) < 4.78 is 19.9. The Balaban J connectivity index is 1.56. The topological polar surface area (TPSA) is 160 Å². The zero-order chi connectivity index (χ0) is 25.6. The molecule has 0 spiro atoms. The fourth-order valence-corrected chi connectivity index (χ4v) is 3.81. The van der Waals surface area contributed by atoms with Gasteiger partial charge in [0.05, 0.1) is 17.7 Å². The predicted octanol–water partition coefficient (Wildman–Crippen LogP) is 2.83. The van der Waals surface area contributed by atoms with Crippen molar-refractivity contribution in [3.8, 4) is 11.4 Å². The Hall–Kier alpha value is -4.87. The molecule has 3 heterocycles. The maximum Gasteiger partial charge on any atom is 0.353 e. The Kier molecular flexibility index (Phi) is 5.55. The van der Waals surface area contributed by atoms with Gasteiger partial charge in [-0.1, -0.05) is 23.4 Å². The van der Waals surface area contributed by atoms with Crippen molar-refractivity contribution in [2.45, 2.75) is 25.4 Å². The number of aryl methyl sites for hydroxylation is 1. The number of hydrogen-bond acceptors (Lipinski definition) is 7. The minimum atomic E-state index is -1.65. The fraction of sp³-hybridized carbons (Fsp3) is 0.167. The van der Waals surface area contributed by atoms with Crippen molar-refractivity contribution in [3.63, 3.8) is 0 Å². The first-order valence-corrected chi connectivity index (χ1v) is 10.8. The van der Waals surface area contributed by atoms with E-state index >= 15 is 0 Å². The van der Waals surface area contributed by atoms with E-state index in [2.05, 4.69) is 20.4 Å². The molecule has 0 aliphatic heterocycles. The van der Waals surface area contributed by atoms with Crippen LogP contribution in [0.5, 0.6) is 0 Å². The van der Waals surface area contributed by atoms with E-state index in [1.165, 1.54) is 16.7 Å². The summed E-state index contributed by atoms with van der Waals surface area (Å²) in [7, 11) is 0. The molecule has 0 bridgehead atoms. The summed E-state index contributed by atoms with van der Waals surface area (Å²) in [6.45, 7) is 1.59. The Labute approximate surface area is 201 Å². The number of rotatable bonds is 7. The molecule has 36 heavy (non-hydrogen) atoms. The highest BCUT2D eigenvalue weighted by molar-refractivity contribution is 6.23. The second-order valence-corrected chi connectivity index (χ2v) is 8.23. The van der Waals surface area contributed by atoms with E-state index in [4.69, 9.17) is 4.52 Å². The van der Waals surface area contributed by atoms with Crippen molar-refractivity contribution < 1.29 is 33.5 Å². The highest BCUT2D eigenvalue weighted by Crippen LogP contribution is 2.43. The number of amides is 1. The lowest BCUT2D eigenvalue weighted by Crippen LogP contribution is -2.30. The number of carboxylic acid groups (broad SMARTS) is 2. The lowest BCUT2D eigenvalue weighted by atomic mass is 9.96. The number of fused-ring (bicyclic) bond motifs is 1. The van der Waals surface area contributed by atoms with Crippen LogP contribution in [0.1, 0.15) is 39.8 Å². The van der Waals surface area contributed by atoms with Gasteiger partial charge in [-0.05, 0) is 42.7 Å². The van der Waals surface area contributed by atoms with Gasteiger partial charge in [-0.15, -0.1) is 0 Å². The number of carbonyl (C=O) groups excluding carboxylic acids is 1. The lowest BCUT2D eigenvalue weighted by molar-refractivity contribution is -0.134. The summed E-state index contributed by atoms with van der Waals surface area (Å²) in [5.74, 6) is -4.30. The van der Waals surface area contributed by atoms with Crippen LogP contribution in [-0.2, 0) is 9.59 Å². The number of nitrogens with zero attached hydrogens (tertiary/aromatic N) is 4. The summed E-state index contributed by atoms with van der Waals surface area (Å²) in [4.78, 5) is 45.6. The van der Waals surface area contributed by atoms with E-state index in [0.29, 0.717) is 23.2 Å². The van der Waals surface area contributed by atoms with E-state index in [9.17, 15) is 29.0 Å². The molecule has 5 rings (SSSR count). The van der Waals surface area contributed by atoms with Gasteiger partial charge in [0, 0.05) is 11.8 Å². The van der Waals surface area contributed by atoms with Crippen molar-refractivity contribution in [1.29, 1.82) is 0 Å². The first-order valence-electron chi connectivity index (χ1n) is 10.8. The molecule has 1 amide bonds. The quantitative estimate of drug-likeness (QED) is 0.330. The molecule has 4 aromatic rings. The number of aliphatic carboxylic acids is 2. The number of hydrogen-bond donors (Lipinski definition) is 3. The molecule has 0 saturated heterocycles. The monoisotopic (exact) mass is 491 g/mol. The van der Waals surface area contributed by atoms with Crippen LogP contribution in [-0.4, -0.2) is 53.8 Å². The maximum atomic E-state index is 13.3. The molecule has 12 heteroatoms. The van der Waals surface area contributed by atoms with E-state index in [0.717, 1.165) is 0 Å². The van der Waals surface area contributed by atoms with Gasteiger partial charge < -0.3 is 20.1 Å². The van der Waals surface area contributed by atoms with Crippen molar-refractivity contribution in [3.05, 3.63) is 77.2 Å². The summed E-state index contributed by atoms with van der Waals surface area (Å²) in [5, 5.41) is 25.9. The molecule has 1 aliphatic carbocycles. The van der Waals surface area contributed by atoms with Crippen molar-refractivity contribution in [1.82, 2.24) is 24.8 Å². The number of benzene rings is 1. The molecular formula is C24H18FN5O6. The van der Waals surface area contributed by atoms with Crippen LogP contribution in [0.4, 0.5) is 4.39 Å². The summed E-state index contributed by atoms with van der Waals surface area (Å²) in [5.41, 5.74) is -0.214. The molecule has 182 valence electrons. The molecule has 1 aromatic carbocycles. The average Bonchev–Trinajstić information content (AvgIpc) is 3.24. The molecule has 1 saturated carbocycles. The SMILES string of the molecule is Cc1ccc(-c2noc([C@H]3C[C@@H]3F)n2)cc1/C(C(=O)O)=C(/NC(=O)c1cnc2ccccn12)C(=O)O. The Morgan fingerprint density at radius 1 is 1.17 bits per heavy atom. The van der Waals surface area contributed by atoms with Crippen LogP contribution < -0.4 is 5.32 Å². The zero-order valence-corrected chi connectivity index (χ0v) is 18.7. The molecule has 1 aliphatic rings. The first kappa shape index (κ1) is 22.9. The molecule has 3 aromatic heterocycles. The van der Waals surface area contributed by atoms with Crippen molar-refractivity contribution in [2.24, 2.45) is 0 Å². The van der Waals surface area contributed by atoms with E-state index < -0.39 is 41.2 Å². The van der Waals surface area contributed by atoms with E-state index in [1.54, 1.807) is 43.5 Å². The molecular weight excluding hydrogens is 473 g/mol. The zero-order valence-electron chi connectivity index (χ0n) is 18.7. The second-order valence-electron chi connectivity index (χ2n) is 8.23. The van der Waals surface area contributed by atoms with Gasteiger partial charge in [-0.2, -0.15) is 4.98 Å². The highest BCUT2D eigenvalue weighted by Gasteiger charge is 2.43. The maximum absolute atomic E-state index is 13.3. The number of pyridine rings is 1. The van der Waals surface area contributed by atoms with Crippen LogP contribution in [0.15, 0.2) is 59.0 Å². The third-order valence-corrected chi connectivity index (χ3v) is 5.80. The van der Waals surface area contributed by atoms with Gasteiger partial charge >= 0.3 is 11.9 Å². The van der Waals surface area contributed by atoms with Gasteiger partial charge in [0.1, 0.15) is 23.2 Å². The van der Waals surface area contributed by atoms with Crippen LogP contribution in [0.25, 0.3) is 22.6 Å². The fourth-order valence-electron chi connectivity index (χ4n) is 3.81. The molecule has 0 unspecified atom stereocenters. The van der Waals surface area contributed by atoms with Gasteiger partial charge in [-0.3, -0.25) is 9.20 Å². The van der Waals surface area contributed by atoms with Crippen LogP contribution in [0.2, 0.25) is 0 Å².